The molecule has 29 heavy (non-hydrogen) atoms. The van der Waals surface area contributed by atoms with E-state index in [-0.39, 0.29) is 17.7 Å². The van der Waals surface area contributed by atoms with Gasteiger partial charge in [-0.15, -0.1) is 0 Å². The van der Waals surface area contributed by atoms with Gasteiger partial charge in [-0.3, -0.25) is 14.5 Å². The largest absolute Gasteiger partial charge is 0.335 e. The van der Waals surface area contributed by atoms with E-state index in [1.807, 2.05) is 50.2 Å². The van der Waals surface area contributed by atoms with Crippen LogP contribution in [0, 0.1) is 12.8 Å². The normalized spacial score (nSPS) is 17.7. The molecular weight excluding hydrogens is 400 g/mol. The van der Waals surface area contributed by atoms with E-state index >= 15 is 0 Å². The predicted octanol–water partition coefficient (Wildman–Crippen LogP) is 4.80. The Bertz CT molecular complexity index is 925. The first-order chi connectivity index (χ1) is 13.8. The molecule has 152 valence electrons. The molecule has 2 amide bonds. The zero-order valence-electron chi connectivity index (χ0n) is 17.1. The van der Waals surface area contributed by atoms with Gasteiger partial charge in [0.15, 0.2) is 5.37 Å². The lowest BCUT2D eigenvalue weighted by atomic mass is 9.96. The smallest absolute Gasteiger partial charge is 0.266 e. The molecule has 1 heterocycles. The Balaban J connectivity index is 1.67. The van der Waals surface area contributed by atoms with Crippen LogP contribution in [0.3, 0.4) is 0 Å². The molecule has 0 aromatic heterocycles. The quantitative estimate of drug-likeness (QED) is 0.674. The highest BCUT2D eigenvalue weighted by atomic mass is 32.2. The highest BCUT2D eigenvalue weighted by Crippen LogP contribution is 2.31. The fraction of sp³-hybridized carbons (Fsp3) is 0.348. The van der Waals surface area contributed by atoms with Gasteiger partial charge in [-0.2, -0.15) is 0 Å². The summed E-state index contributed by atoms with van der Waals surface area (Å²) in [6.45, 7) is 8.19. The van der Waals surface area contributed by atoms with E-state index in [2.05, 4.69) is 31.3 Å². The summed E-state index contributed by atoms with van der Waals surface area (Å²) >= 11 is 6.61. The topological polar surface area (TPSA) is 49.4 Å². The van der Waals surface area contributed by atoms with Crippen LogP contribution in [0.1, 0.15) is 43.4 Å². The highest BCUT2D eigenvalue weighted by molar-refractivity contribution is 8.25. The van der Waals surface area contributed by atoms with Gasteiger partial charge in [-0.05, 0) is 55.0 Å². The van der Waals surface area contributed by atoms with Crippen molar-refractivity contribution in [2.75, 3.05) is 4.90 Å². The lowest BCUT2D eigenvalue weighted by molar-refractivity contribution is -0.125. The average molecular weight is 427 g/mol. The van der Waals surface area contributed by atoms with Gasteiger partial charge in [-0.25, -0.2) is 0 Å². The maximum absolute atomic E-state index is 12.9. The molecule has 0 bridgehead atoms. The lowest BCUT2D eigenvalue weighted by Gasteiger charge is -2.18. The van der Waals surface area contributed by atoms with E-state index in [4.69, 9.17) is 12.2 Å². The summed E-state index contributed by atoms with van der Waals surface area (Å²) in [4.78, 5) is 27.1. The van der Waals surface area contributed by atoms with Gasteiger partial charge in [0.1, 0.15) is 4.32 Å². The van der Waals surface area contributed by atoms with Crippen molar-refractivity contribution in [2.24, 2.45) is 5.92 Å². The molecule has 0 saturated carbocycles. The minimum Gasteiger partial charge on any atom is -0.335 e. The zero-order valence-corrected chi connectivity index (χ0v) is 18.8. The molecule has 0 aliphatic carbocycles. The van der Waals surface area contributed by atoms with E-state index in [9.17, 15) is 9.59 Å². The molecule has 1 saturated heterocycles. The van der Waals surface area contributed by atoms with E-state index in [1.165, 1.54) is 22.2 Å². The molecule has 1 aliphatic heterocycles. The number of carbonyl (C=O) groups excluding carboxylic acids is 2. The summed E-state index contributed by atoms with van der Waals surface area (Å²) in [7, 11) is 0. The van der Waals surface area contributed by atoms with Crippen molar-refractivity contribution < 1.29 is 9.59 Å². The van der Waals surface area contributed by atoms with Gasteiger partial charge in [0.2, 0.25) is 5.91 Å². The third-order valence-corrected chi connectivity index (χ3v) is 6.31. The minimum atomic E-state index is -0.696. The van der Waals surface area contributed by atoms with Gasteiger partial charge in [0, 0.05) is 0 Å². The van der Waals surface area contributed by atoms with Crippen LogP contribution in [0.4, 0.5) is 5.69 Å². The third kappa shape index (κ3) is 5.06. The monoisotopic (exact) mass is 426 g/mol. The van der Waals surface area contributed by atoms with Crippen molar-refractivity contribution in [3.8, 4) is 0 Å². The Labute approximate surface area is 182 Å². The summed E-state index contributed by atoms with van der Waals surface area (Å²) in [6, 6.07) is 15.8. The molecule has 3 rings (SSSR count). The van der Waals surface area contributed by atoms with Crippen molar-refractivity contribution in [3.05, 3.63) is 65.2 Å². The number of hydrogen-bond acceptors (Lipinski definition) is 4. The molecule has 2 aromatic rings. The maximum Gasteiger partial charge on any atom is 0.266 e. The van der Waals surface area contributed by atoms with Crippen molar-refractivity contribution in [1.82, 2.24) is 5.32 Å². The molecule has 0 spiro atoms. The lowest BCUT2D eigenvalue weighted by Crippen LogP contribution is -2.42. The van der Waals surface area contributed by atoms with Crippen LogP contribution in [-0.4, -0.2) is 21.5 Å². The summed E-state index contributed by atoms with van der Waals surface area (Å²) in [6.07, 6.45) is 1.01. The van der Waals surface area contributed by atoms with E-state index in [0.29, 0.717) is 10.2 Å². The molecule has 6 heteroatoms. The summed E-state index contributed by atoms with van der Waals surface area (Å²) in [5.74, 6) is -0.148. The zero-order chi connectivity index (χ0) is 21.1. The highest BCUT2D eigenvalue weighted by Gasteiger charge is 2.39. The molecule has 1 N–H and O–H groups in total. The minimum absolute atomic E-state index is 0.179. The summed E-state index contributed by atoms with van der Waals surface area (Å²) < 4.78 is 0.455. The van der Waals surface area contributed by atoms with Gasteiger partial charge < -0.3 is 5.32 Å². The number of benzene rings is 2. The third-order valence-electron chi connectivity index (χ3n) is 4.90. The first-order valence-electron chi connectivity index (χ1n) is 9.76. The Morgan fingerprint density at radius 2 is 1.86 bits per heavy atom. The molecule has 0 radical (unpaired) electrons. The van der Waals surface area contributed by atoms with Crippen LogP contribution in [0.15, 0.2) is 48.5 Å². The summed E-state index contributed by atoms with van der Waals surface area (Å²) in [5, 5.41) is 2.17. The SMILES string of the molecule is Cc1cccc(N2C(=O)C(NC(=O)C(C)c3ccc(CC(C)C)cc3)SC2=S)c1. The second-order valence-electron chi connectivity index (χ2n) is 7.85. The Morgan fingerprint density at radius 1 is 1.17 bits per heavy atom. The van der Waals surface area contributed by atoms with Crippen LogP contribution in [-0.2, 0) is 16.0 Å². The molecule has 1 aliphatic rings. The molecule has 4 nitrogen and oxygen atoms in total. The van der Waals surface area contributed by atoms with Gasteiger partial charge in [-0.1, -0.05) is 74.2 Å². The number of anilines is 1. The standard InChI is InChI=1S/C23H26N2O2S2/c1-14(2)12-17-8-10-18(11-9-17)16(4)20(26)24-21-22(27)25(23(28)29-21)19-7-5-6-15(3)13-19/h5-11,13-14,16,21H,12H2,1-4H3,(H,24,26). The molecule has 1 fully saturated rings. The van der Waals surface area contributed by atoms with Crippen LogP contribution in [0.5, 0.6) is 0 Å². The molecule has 2 aromatic carbocycles. The van der Waals surface area contributed by atoms with Crippen molar-refractivity contribution in [2.45, 2.75) is 45.4 Å². The fourth-order valence-electron chi connectivity index (χ4n) is 3.32. The van der Waals surface area contributed by atoms with Gasteiger partial charge in [0.25, 0.3) is 5.91 Å². The number of hydrogen-bond donors (Lipinski definition) is 1. The first kappa shape index (κ1) is 21.5. The van der Waals surface area contributed by atoms with Gasteiger partial charge >= 0.3 is 0 Å². The average Bonchev–Trinajstić information content (AvgIpc) is 2.94. The number of nitrogens with one attached hydrogen (secondary N) is 1. The van der Waals surface area contributed by atoms with Crippen molar-refractivity contribution >= 4 is 45.8 Å². The second-order valence-corrected chi connectivity index (χ2v) is 9.59. The van der Waals surface area contributed by atoms with Crippen LogP contribution in [0.25, 0.3) is 0 Å². The van der Waals surface area contributed by atoms with Crippen LogP contribution < -0.4 is 10.2 Å². The van der Waals surface area contributed by atoms with E-state index in [1.54, 1.807) is 0 Å². The maximum atomic E-state index is 12.9. The number of thioether (sulfide) groups is 1. The number of aryl methyl sites for hydroxylation is 1. The Hall–Kier alpha value is -2.18. The van der Waals surface area contributed by atoms with Crippen molar-refractivity contribution in [1.29, 1.82) is 0 Å². The van der Waals surface area contributed by atoms with E-state index < -0.39 is 5.37 Å². The second kappa shape index (κ2) is 9.09. The van der Waals surface area contributed by atoms with Crippen LogP contribution >= 0.6 is 24.0 Å². The Kier molecular flexibility index (Phi) is 6.75. The number of rotatable bonds is 6. The van der Waals surface area contributed by atoms with Gasteiger partial charge in [0.05, 0.1) is 11.6 Å². The molecular formula is C23H26N2O2S2. The number of amides is 2. The first-order valence-corrected chi connectivity index (χ1v) is 11.1. The Morgan fingerprint density at radius 3 is 2.48 bits per heavy atom. The van der Waals surface area contributed by atoms with E-state index in [0.717, 1.165) is 23.2 Å². The number of thiocarbonyl (C=S) groups is 1. The fourth-order valence-corrected chi connectivity index (χ4v) is 4.69. The van der Waals surface area contributed by atoms with Crippen LogP contribution in [0.2, 0.25) is 0 Å². The molecule has 2 atom stereocenters. The number of nitrogens with zero attached hydrogens (tertiary/aromatic N) is 1. The number of carbonyl (C=O) groups is 2. The predicted molar refractivity (Wildman–Crippen MR) is 124 cm³/mol. The molecule has 2 unspecified atom stereocenters. The van der Waals surface area contributed by atoms with Crippen molar-refractivity contribution in [3.63, 3.8) is 0 Å². The summed E-state index contributed by atoms with van der Waals surface area (Å²) in [5.41, 5.74) is 3.98.